The Kier molecular flexibility index (Phi) is 5.15. The number of rotatable bonds is 4. The highest BCUT2D eigenvalue weighted by molar-refractivity contribution is 14.1. The summed E-state index contributed by atoms with van der Waals surface area (Å²) in [6, 6.07) is 0. The molecule has 3 heterocycles. The van der Waals surface area contributed by atoms with Crippen molar-refractivity contribution < 1.29 is 14.9 Å². The van der Waals surface area contributed by atoms with Gasteiger partial charge in [-0.25, -0.2) is 9.97 Å². The Morgan fingerprint density at radius 2 is 2.04 bits per heavy atom. The molecule has 1 fully saturated rings. The zero-order valence-corrected chi connectivity index (χ0v) is 17.4. The highest BCUT2D eigenvalue weighted by Crippen LogP contribution is 2.40. The standard InChI is InChI=1S/C15H22IN4O4P/c1-7-17-12-9(13(23)18-7)19-15(16)20(12)14-11(22)10(21)8(24-14)5-6-25(2,3)4/h8,10-11,14,21-22H,2,5-6H2,1,3-4H3,(H,17,18,23)/t8?,10-,11-,14-/m1/s1. The van der Waals surface area contributed by atoms with Crippen LogP contribution in [0, 0.1) is 10.8 Å². The Hall–Kier alpha value is -0.740. The van der Waals surface area contributed by atoms with Gasteiger partial charge in [-0.3, -0.25) is 9.36 Å². The van der Waals surface area contributed by atoms with Crippen molar-refractivity contribution >= 4 is 46.9 Å². The van der Waals surface area contributed by atoms with Crippen molar-refractivity contribution in [3.05, 3.63) is 20.0 Å². The number of nitrogens with one attached hydrogen (secondary N) is 1. The summed E-state index contributed by atoms with van der Waals surface area (Å²) < 4.78 is 8.00. The number of aliphatic hydroxyl groups excluding tert-OH is 2. The maximum Gasteiger partial charge on any atom is 0.279 e. The molecule has 0 aliphatic carbocycles. The van der Waals surface area contributed by atoms with Gasteiger partial charge in [0.05, 0.1) is 6.10 Å². The van der Waals surface area contributed by atoms with Crippen molar-refractivity contribution in [1.29, 1.82) is 0 Å². The molecule has 0 amide bonds. The number of aryl methyl sites for hydroxylation is 1. The van der Waals surface area contributed by atoms with Crippen LogP contribution in [-0.4, -0.2) is 73.8 Å². The maximum atomic E-state index is 12.1. The van der Waals surface area contributed by atoms with E-state index in [0.29, 0.717) is 21.7 Å². The molecule has 2 aromatic rings. The van der Waals surface area contributed by atoms with E-state index >= 15 is 0 Å². The van der Waals surface area contributed by atoms with E-state index in [1.165, 1.54) is 0 Å². The number of hydrogen-bond donors (Lipinski definition) is 3. The second kappa shape index (κ2) is 6.77. The highest BCUT2D eigenvalue weighted by atomic mass is 127. The summed E-state index contributed by atoms with van der Waals surface area (Å²) in [6.45, 7) is 4.66. The minimum absolute atomic E-state index is 0.188. The van der Waals surface area contributed by atoms with Crippen molar-refractivity contribution in [3.8, 4) is 0 Å². The van der Waals surface area contributed by atoms with Crippen molar-refractivity contribution in [2.75, 3.05) is 19.5 Å². The largest absolute Gasteiger partial charge is 0.388 e. The third kappa shape index (κ3) is 3.71. The molecule has 2 aromatic heterocycles. The summed E-state index contributed by atoms with van der Waals surface area (Å²) in [5.41, 5.74) is 0.188. The summed E-state index contributed by atoms with van der Waals surface area (Å²) in [5, 5.41) is 20.9. The van der Waals surface area contributed by atoms with E-state index in [2.05, 4.69) is 34.6 Å². The van der Waals surface area contributed by atoms with E-state index in [1.54, 1.807) is 11.5 Å². The lowest BCUT2D eigenvalue weighted by Crippen LogP contribution is -2.32. The number of aromatic nitrogens is 4. The average molecular weight is 480 g/mol. The Morgan fingerprint density at radius 1 is 1.36 bits per heavy atom. The molecule has 0 aromatic carbocycles. The quantitative estimate of drug-likeness (QED) is 0.338. The number of aliphatic hydroxyl groups is 2. The molecule has 8 nitrogen and oxygen atoms in total. The lowest BCUT2D eigenvalue weighted by Gasteiger charge is -2.19. The molecule has 1 saturated heterocycles. The molecule has 138 valence electrons. The van der Waals surface area contributed by atoms with Crippen LogP contribution in [0.2, 0.25) is 0 Å². The molecule has 0 saturated carbocycles. The van der Waals surface area contributed by atoms with Crippen molar-refractivity contribution in [2.45, 2.75) is 37.9 Å². The summed E-state index contributed by atoms with van der Waals surface area (Å²) in [4.78, 5) is 23.2. The van der Waals surface area contributed by atoms with Crippen LogP contribution in [-0.2, 0) is 4.74 Å². The van der Waals surface area contributed by atoms with Gasteiger partial charge in [0.1, 0.15) is 18.0 Å². The molecular weight excluding hydrogens is 458 g/mol. The highest BCUT2D eigenvalue weighted by Gasteiger charge is 2.44. The zero-order chi connectivity index (χ0) is 18.5. The second-order valence-electron chi connectivity index (χ2n) is 7.07. The fourth-order valence-electron chi connectivity index (χ4n) is 2.95. The number of H-pyrrole nitrogens is 1. The third-order valence-corrected chi connectivity index (χ3v) is 6.47. The molecule has 3 rings (SSSR count). The average Bonchev–Trinajstić information content (AvgIpc) is 2.95. The maximum absolute atomic E-state index is 12.1. The van der Waals surface area contributed by atoms with Crippen LogP contribution in [0.3, 0.4) is 0 Å². The topological polar surface area (TPSA) is 113 Å². The number of halogens is 1. The fourth-order valence-corrected chi connectivity index (χ4v) is 4.65. The molecule has 0 bridgehead atoms. The Balaban J connectivity index is 1.97. The van der Waals surface area contributed by atoms with Crippen molar-refractivity contribution in [2.24, 2.45) is 0 Å². The molecule has 0 radical (unpaired) electrons. The van der Waals surface area contributed by atoms with E-state index < -0.39 is 31.4 Å². The lowest BCUT2D eigenvalue weighted by atomic mass is 10.1. The molecule has 4 atom stereocenters. The Labute approximate surface area is 158 Å². The Morgan fingerprint density at radius 3 is 2.68 bits per heavy atom. The number of nitrogens with zero attached hydrogens (tertiary/aromatic N) is 3. The number of ether oxygens (including phenoxy) is 1. The van der Waals surface area contributed by atoms with Crippen LogP contribution in [0.25, 0.3) is 11.2 Å². The number of hydrogen-bond acceptors (Lipinski definition) is 6. The predicted octanol–water partition coefficient (Wildman–Crippen LogP) is 0.751. The van der Waals surface area contributed by atoms with Crippen LogP contribution in [0.5, 0.6) is 0 Å². The smallest absolute Gasteiger partial charge is 0.279 e. The van der Waals surface area contributed by atoms with Crippen LogP contribution >= 0.6 is 29.5 Å². The van der Waals surface area contributed by atoms with Crippen molar-refractivity contribution in [1.82, 2.24) is 19.5 Å². The summed E-state index contributed by atoms with van der Waals surface area (Å²) in [7, 11) is 0. The number of fused-ring (bicyclic) bond motifs is 1. The number of imidazole rings is 1. The summed E-state index contributed by atoms with van der Waals surface area (Å²) in [6.07, 6.45) is 2.19. The van der Waals surface area contributed by atoms with Gasteiger partial charge in [0.2, 0.25) is 0 Å². The minimum atomic E-state index is -1.26. The summed E-state index contributed by atoms with van der Waals surface area (Å²) in [5.74, 6) is 0.447. The van der Waals surface area contributed by atoms with E-state index in [4.69, 9.17) is 4.74 Å². The van der Waals surface area contributed by atoms with E-state index in [0.717, 1.165) is 6.16 Å². The van der Waals surface area contributed by atoms with E-state index in [1.807, 2.05) is 22.6 Å². The third-order valence-electron chi connectivity index (χ3n) is 4.24. The van der Waals surface area contributed by atoms with Crippen LogP contribution in [0.15, 0.2) is 4.79 Å². The molecular formula is C15H22IN4O4P. The molecule has 1 aliphatic heterocycles. The van der Waals surface area contributed by atoms with Crippen molar-refractivity contribution in [3.63, 3.8) is 0 Å². The van der Waals surface area contributed by atoms with E-state index in [-0.39, 0.29) is 11.1 Å². The van der Waals surface area contributed by atoms with Crippen LogP contribution in [0.1, 0.15) is 18.5 Å². The Bertz CT molecular complexity index is 905. The first-order valence-electron chi connectivity index (χ1n) is 7.92. The van der Waals surface area contributed by atoms with Gasteiger partial charge in [-0.15, -0.1) is 13.2 Å². The first-order chi connectivity index (χ1) is 11.6. The molecule has 3 N–H and O–H groups in total. The normalized spacial score (nSPS) is 27.3. The van der Waals surface area contributed by atoms with Gasteiger partial charge in [-0.05, 0) is 32.8 Å². The number of aromatic amines is 1. The zero-order valence-electron chi connectivity index (χ0n) is 14.3. The van der Waals surface area contributed by atoms with Crippen LogP contribution in [0.4, 0.5) is 0 Å². The predicted molar refractivity (Wildman–Crippen MR) is 107 cm³/mol. The molecule has 1 aliphatic rings. The second-order valence-corrected chi connectivity index (χ2v) is 12.4. The van der Waals surface area contributed by atoms with E-state index in [9.17, 15) is 15.0 Å². The molecule has 10 heteroatoms. The SMILES string of the molecule is C=P(C)(C)CCC1O[C@@H](n2c(I)nc3c(=O)[nH]c(C)nc32)[C@H](O)[C@@H]1O. The fraction of sp³-hybridized carbons (Fsp3) is 0.600. The minimum Gasteiger partial charge on any atom is -0.388 e. The molecule has 1 unspecified atom stereocenters. The molecule has 0 spiro atoms. The van der Waals surface area contributed by atoms with Gasteiger partial charge >= 0.3 is 0 Å². The first-order valence-corrected chi connectivity index (χ1v) is 12.0. The van der Waals surface area contributed by atoms with Gasteiger partial charge < -0.3 is 19.9 Å². The van der Waals surface area contributed by atoms with Gasteiger partial charge in [0.25, 0.3) is 5.56 Å². The lowest BCUT2D eigenvalue weighted by molar-refractivity contribution is -0.0367. The van der Waals surface area contributed by atoms with Gasteiger partial charge in [0, 0.05) is 22.6 Å². The van der Waals surface area contributed by atoms with Gasteiger partial charge in [0.15, 0.2) is 21.2 Å². The molecule has 25 heavy (non-hydrogen) atoms. The van der Waals surface area contributed by atoms with Gasteiger partial charge in [-0.1, -0.05) is 0 Å². The van der Waals surface area contributed by atoms with Crippen LogP contribution < -0.4 is 5.56 Å². The summed E-state index contributed by atoms with van der Waals surface area (Å²) >= 11 is 1.97. The first kappa shape index (κ1) is 19.0. The monoisotopic (exact) mass is 480 g/mol. The van der Waals surface area contributed by atoms with Gasteiger partial charge in [-0.2, -0.15) is 0 Å².